The van der Waals surface area contributed by atoms with Gasteiger partial charge in [-0.05, 0) is 40.8 Å². The smallest absolute Gasteiger partial charge is 0.257 e. The average Bonchev–Trinajstić information content (AvgIpc) is 2.74. The predicted molar refractivity (Wildman–Crippen MR) is 74.2 cm³/mol. The van der Waals surface area contributed by atoms with Crippen LogP contribution >= 0.6 is 45.5 Å². The minimum atomic E-state index is -0.201. The number of carbonyl (C=O) groups excluding carboxylic acids is 1. The molecule has 0 saturated carbocycles. The highest BCUT2D eigenvalue weighted by Gasteiger charge is 2.08. The Morgan fingerprint density at radius 1 is 1.50 bits per heavy atom. The van der Waals surface area contributed by atoms with Crippen molar-refractivity contribution in [1.29, 1.82) is 0 Å². The van der Waals surface area contributed by atoms with Crippen LogP contribution in [0.15, 0.2) is 29.8 Å². The van der Waals surface area contributed by atoms with Crippen LogP contribution in [0.1, 0.15) is 10.4 Å². The molecule has 2 aromatic rings. The van der Waals surface area contributed by atoms with Crippen LogP contribution in [0.2, 0.25) is 5.02 Å². The van der Waals surface area contributed by atoms with Crippen molar-refractivity contribution in [2.75, 3.05) is 5.32 Å². The molecule has 82 valence electrons. The predicted octanol–water partition coefficient (Wildman–Crippen LogP) is 3.65. The number of hydrogen-bond donors (Lipinski definition) is 1. The van der Waals surface area contributed by atoms with E-state index in [1.807, 2.05) is 0 Å². The number of rotatable bonds is 2. The number of carbonyl (C=O) groups is 1. The molecule has 0 aliphatic heterocycles. The van der Waals surface area contributed by atoms with Crippen molar-refractivity contribution in [3.05, 3.63) is 43.9 Å². The number of halogens is 2. The molecule has 0 bridgehead atoms. The van der Waals surface area contributed by atoms with Gasteiger partial charge in [-0.1, -0.05) is 11.6 Å². The summed E-state index contributed by atoms with van der Waals surface area (Å²) in [5.41, 5.74) is 0.528. The van der Waals surface area contributed by atoms with Gasteiger partial charge in [0.1, 0.15) is 0 Å². The van der Waals surface area contributed by atoms with E-state index in [2.05, 4.69) is 32.9 Å². The lowest BCUT2D eigenvalue weighted by molar-refractivity contribution is 0.102. The molecular formula is C10H6ClIN2OS. The molecule has 0 fully saturated rings. The minimum absolute atomic E-state index is 0.201. The third-order valence-electron chi connectivity index (χ3n) is 1.83. The summed E-state index contributed by atoms with van der Waals surface area (Å²) in [5.74, 6) is -0.201. The van der Waals surface area contributed by atoms with E-state index in [0.29, 0.717) is 15.7 Å². The molecule has 0 unspecified atom stereocenters. The molecule has 1 aromatic carbocycles. The summed E-state index contributed by atoms with van der Waals surface area (Å²) in [5, 5.41) is 5.65. The Morgan fingerprint density at radius 3 is 2.94 bits per heavy atom. The van der Waals surface area contributed by atoms with Crippen LogP contribution in [-0.4, -0.2) is 10.9 Å². The van der Waals surface area contributed by atoms with Crippen molar-refractivity contribution in [3.63, 3.8) is 0 Å². The molecule has 0 atom stereocenters. The Hall–Kier alpha value is -0.660. The first-order valence-corrected chi connectivity index (χ1v) is 6.66. The van der Waals surface area contributed by atoms with E-state index in [-0.39, 0.29) is 5.91 Å². The van der Waals surface area contributed by atoms with E-state index in [0.717, 1.165) is 3.57 Å². The van der Waals surface area contributed by atoms with E-state index in [9.17, 15) is 4.79 Å². The zero-order chi connectivity index (χ0) is 11.5. The Morgan fingerprint density at radius 2 is 2.31 bits per heavy atom. The summed E-state index contributed by atoms with van der Waals surface area (Å²) in [4.78, 5) is 15.7. The van der Waals surface area contributed by atoms with Crippen LogP contribution in [0.25, 0.3) is 0 Å². The lowest BCUT2D eigenvalue weighted by Crippen LogP contribution is -2.11. The SMILES string of the molecule is O=C(Nc1nccs1)c1ccc(I)c(Cl)c1. The molecule has 1 heterocycles. The van der Waals surface area contributed by atoms with Gasteiger partial charge in [0, 0.05) is 20.7 Å². The van der Waals surface area contributed by atoms with E-state index >= 15 is 0 Å². The van der Waals surface area contributed by atoms with Gasteiger partial charge in [0.05, 0.1) is 5.02 Å². The van der Waals surface area contributed by atoms with E-state index in [1.165, 1.54) is 11.3 Å². The number of nitrogens with zero attached hydrogens (tertiary/aromatic N) is 1. The highest BCUT2D eigenvalue weighted by Crippen LogP contribution is 2.20. The number of benzene rings is 1. The second kappa shape index (κ2) is 5.11. The fourth-order valence-corrected chi connectivity index (χ4v) is 2.13. The maximum absolute atomic E-state index is 11.8. The molecule has 1 amide bonds. The van der Waals surface area contributed by atoms with Crippen LogP contribution < -0.4 is 5.32 Å². The van der Waals surface area contributed by atoms with Crippen LogP contribution in [0.4, 0.5) is 5.13 Å². The lowest BCUT2D eigenvalue weighted by atomic mass is 10.2. The molecular weight excluding hydrogens is 359 g/mol. The highest BCUT2D eigenvalue weighted by atomic mass is 127. The Balaban J connectivity index is 2.18. The van der Waals surface area contributed by atoms with Gasteiger partial charge in [-0.2, -0.15) is 0 Å². The number of nitrogens with one attached hydrogen (secondary N) is 1. The van der Waals surface area contributed by atoms with Gasteiger partial charge >= 0.3 is 0 Å². The van der Waals surface area contributed by atoms with E-state index in [1.54, 1.807) is 29.8 Å². The van der Waals surface area contributed by atoms with Gasteiger partial charge in [0.2, 0.25) is 0 Å². The molecule has 0 aliphatic rings. The number of hydrogen-bond acceptors (Lipinski definition) is 3. The van der Waals surface area contributed by atoms with Crippen molar-refractivity contribution in [3.8, 4) is 0 Å². The molecule has 0 spiro atoms. The first-order valence-electron chi connectivity index (χ1n) is 4.33. The molecule has 1 aromatic heterocycles. The zero-order valence-electron chi connectivity index (χ0n) is 7.91. The molecule has 1 N–H and O–H groups in total. The zero-order valence-corrected chi connectivity index (χ0v) is 11.6. The van der Waals surface area contributed by atoms with Gasteiger partial charge in [-0.15, -0.1) is 11.3 Å². The number of aromatic nitrogens is 1. The average molecular weight is 365 g/mol. The van der Waals surface area contributed by atoms with Crippen LogP contribution in [0, 0.1) is 3.57 Å². The van der Waals surface area contributed by atoms with Crippen LogP contribution in [0.5, 0.6) is 0 Å². The summed E-state index contributed by atoms with van der Waals surface area (Å²) < 4.78 is 0.921. The molecule has 2 rings (SSSR count). The van der Waals surface area contributed by atoms with Crippen molar-refractivity contribution >= 4 is 56.6 Å². The van der Waals surface area contributed by atoms with Crippen molar-refractivity contribution in [2.45, 2.75) is 0 Å². The second-order valence-corrected chi connectivity index (χ2v) is 5.38. The topological polar surface area (TPSA) is 42.0 Å². The monoisotopic (exact) mass is 364 g/mol. The van der Waals surface area contributed by atoms with Crippen LogP contribution in [0.3, 0.4) is 0 Å². The summed E-state index contributed by atoms with van der Waals surface area (Å²) >= 11 is 9.43. The fraction of sp³-hybridized carbons (Fsp3) is 0. The molecule has 16 heavy (non-hydrogen) atoms. The molecule has 0 saturated heterocycles. The second-order valence-electron chi connectivity index (χ2n) is 2.92. The maximum atomic E-state index is 11.8. The van der Waals surface area contributed by atoms with Crippen LogP contribution in [-0.2, 0) is 0 Å². The van der Waals surface area contributed by atoms with E-state index < -0.39 is 0 Å². The molecule has 6 heteroatoms. The molecule has 0 aliphatic carbocycles. The Kier molecular flexibility index (Phi) is 3.78. The normalized spacial score (nSPS) is 10.1. The summed E-state index contributed by atoms with van der Waals surface area (Å²) in [6, 6.07) is 5.18. The summed E-state index contributed by atoms with van der Waals surface area (Å²) in [7, 11) is 0. The first kappa shape index (κ1) is 11.8. The van der Waals surface area contributed by atoms with Gasteiger partial charge in [-0.25, -0.2) is 4.98 Å². The summed E-state index contributed by atoms with van der Waals surface area (Å²) in [6.07, 6.45) is 1.64. The Bertz CT molecular complexity index is 516. The molecule has 3 nitrogen and oxygen atoms in total. The third-order valence-corrected chi connectivity index (χ3v) is 4.10. The van der Waals surface area contributed by atoms with Gasteiger partial charge in [0.25, 0.3) is 5.91 Å². The van der Waals surface area contributed by atoms with Crippen molar-refractivity contribution in [2.24, 2.45) is 0 Å². The lowest BCUT2D eigenvalue weighted by Gasteiger charge is -2.03. The number of thiazole rings is 1. The summed E-state index contributed by atoms with van der Waals surface area (Å²) in [6.45, 7) is 0. The Labute approximate surface area is 115 Å². The van der Waals surface area contributed by atoms with Crippen molar-refractivity contribution < 1.29 is 4.79 Å². The molecule has 0 radical (unpaired) electrons. The first-order chi connectivity index (χ1) is 7.66. The maximum Gasteiger partial charge on any atom is 0.257 e. The third kappa shape index (κ3) is 2.72. The van der Waals surface area contributed by atoms with Gasteiger partial charge in [0.15, 0.2) is 5.13 Å². The standard InChI is InChI=1S/C10H6ClIN2OS/c11-7-5-6(1-2-8(7)12)9(15)14-10-13-3-4-16-10/h1-5H,(H,13,14,15). The largest absolute Gasteiger partial charge is 0.298 e. The van der Waals surface area contributed by atoms with Gasteiger partial charge in [-0.3, -0.25) is 10.1 Å². The minimum Gasteiger partial charge on any atom is -0.298 e. The van der Waals surface area contributed by atoms with Crippen molar-refractivity contribution in [1.82, 2.24) is 4.98 Å². The highest BCUT2D eigenvalue weighted by molar-refractivity contribution is 14.1. The number of amides is 1. The van der Waals surface area contributed by atoms with Gasteiger partial charge < -0.3 is 0 Å². The number of anilines is 1. The fourth-order valence-electron chi connectivity index (χ4n) is 1.09. The quantitative estimate of drug-likeness (QED) is 0.827. The van der Waals surface area contributed by atoms with E-state index in [4.69, 9.17) is 11.6 Å².